The van der Waals surface area contributed by atoms with E-state index >= 15 is 0 Å². The molecule has 0 aromatic heterocycles. The minimum Gasteiger partial charge on any atom is -0.397 e. The Morgan fingerprint density at radius 1 is 1.00 bits per heavy atom. The Morgan fingerprint density at radius 2 is 1.61 bits per heavy atom. The van der Waals surface area contributed by atoms with Gasteiger partial charge in [0.2, 0.25) is 0 Å². The highest BCUT2D eigenvalue weighted by atomic mass is 19.1. The second kappa shape index (κ2) is 4.60. The van der Waals surface area contributed by atoms with Crippen LogP contribution in [-0.2, 0) is 0 Å². The maximum atomic E-state index is 13.4. The van der Waals surface area contributed by atoms with Crippen LogP contribution >= 0.6 is 0 Å². The molecule has 2 rings (SSSR count). The molecule has 3 N–H and O–H groups in total. The van der Waals surface area contributed by atoms with Crippen LogP contribution in [-0.4, -0.2) is 0 Å². The molecule has 0 radical (unpaired) electrons. The highest BCUT2D eigenvalue weighted by Crippen LogP contribution is 2.28. The van der Waals surface area contributed by atoms with Crippen LogP contribution in [0.15, 0.2) is 30.3 Å². The minimum atomic E-state index is -1.01. The van der Waals surface area contributed by atoms with E-state index in [4.69, 9.17) is 5.73 Å². The molecule has 18 heavy (non-hydrogen) atoms. The van der Waals surface area contributed by atoms with Gasteiger partial charge in [0.1, 0.15) is 11.5 Å². The van der Waals surface area contributed by atoms with Crippen LogP contribution in [0.5, 0.6) is 0 Å². The standard InChI is InChI=1S/C13H11F3N2/c1-7-2-3-12(11(17)4-7)18-13-9(15)5-8(14)6-10(13)16/h2-6,18H,17H2,1H3. The first-order chi connectivity index (χ1) is 8.47. The molecule has 0 saturated heterocycles. The Labute approximate surface area is 102 Å². The number of rotatable bonds is 2. The smallest absolute Gasteiger partial charge is 0.152 e. The number of nitrogens with one attached hydrogen (secondary N) is 1. The summed E-state index contributed by atoms with van der Waals surface area (Å²) < 4.78 is 39.6. The van der Waals surface area contributed by atoms with Crippen LogP contribution in [0, 0.1) is 24.4 Å². The Morgan fingerprint density at radius 3 is 2.17 bits per heavy atom. The van der Waals surface area contributed by atoms with E-state index in [9.17, 15) is 13.2 Å². The van der Waals surface area contributed by atoms with Crippen LogP contribution in [0.3, 0.4) is 0 Å². The molecule has 94 valence electrons. The Hall–Kier alpha value is -2.17. The number of anilines is 3. The monoisotopic (exact) mass is 252 g/mol. The zero-order valence-corrected chi connectivity index (χ0v) is 9.60. The average Bonchev–Trinajstić information content (AvgIpc) is 2.25. The molecule has 0 aliphatic rings. The molecule has 0 aliphatic heterocycles. The van der Waals surface area contributed by atoms with Crippen molar-refractivity contribution in [3.8, 4) is 0 Å². The largest absolute Gasteiger partial charge is 0.397 e. The number of halogens is 3. The zero-order chi connectivity index (χ0) is 13.3. The first-order valence-corrected chi connectivity index (χ1v) is 5.25. The number of benzene rings is 2. The van der Waals surface area contributed by atoms with Crippen molar-refractivity contribution in [3.63, 3.8) is 0 Å². The maximum Gasteiger partial charge on any atom is 0.152 e. The molecule has 2 aromatic carbocycles. The van der Waals surface area contributed by atoms with Gasteiger partial charge < -0.3 is 11.1 Å². The third-order valence-corrected chi connectivity index (χ3v) is 2.47. The first kappa shape index (κ1) is 12.3. The molecular weight excluding hydrogens is 241 g/mol. The maximum absolute atomic E-state index is 13.4. The summed E-state index contributed by atoms with van der Waals surface area (Å²) in [6.07, 6.45) is 0. The number of aryl methyl sites for hydroxylation is 1. The molecule has 0 bridgehead atoms. The van der Waals surface area contributed by atoms with Gasteiger partial charge in [-0.1, -0.05) is 6.07 Å². The Balaban J connectivity index is 2.40. The van der Waals surface area contributed by atoms with Crippen LogP contribution in [0.4, 0.5) is 30.2 Å². The summed E-state index contributed by atoms with van der Waals surface area (Å²) in [5.74, 6) is -2.98. The SMILES string of the molecule is Cc1ccc(Nc2c(F)cc(F)cc2F)c(N)c1. The highest BCUT2D eigenvalue weighted by molar-refractivity contribution is 5.73. The summed E-state index contributed by atoms with van der Waals surface area (Å²) in [6, 6.07) is 6.23. The van der Waals surface area contributed by atoms with Crippen molar-refractivity contribution in [1.29, 1.82) is 0 Å². The average molecular weight is 252 g/mol. The molecule has 0 saturated carbocycles. The summed E-state index contributed by atoms with van der Waals surface area (Å²) in [6.45, 7) is 1.85. The van der Waals surface area contributed by atoms with Gasteiger partial charge in [-0.05, 0) is 24.6 Å². The van der Waals surface area contributed by atoms with Crippen molar-refractivity contribution in [2.75, 3.05) is 11.1 Å². The fourth-order valence-corrected chi connectivity index (χ4v) is 1.59. The van der Waals surface area contributed by atoms with E-state index in [1.807, 2.05) is 6.92 Å². The molecule has 2 nitrogen and oxygen atoms in total. The van der Waals surface area contributed by atoms with Crippen LogP contribution < -0.4 is 11.1 Å². The lowest BCUT2D eigenvalue weighted by molar-refractivity contribution is 0.549. The summed E-state index contributed by atoms with van der Waals surface area (Å²) in [4.78, 5) is 0. The van der Waals surface area contributed by atoms with E-state index in [0.717, 1.165) is 5.56 Å². The molecule has 0 atom stereocenters. The second-order valence-corrected chi connectivity index (χ2v) is 3.96. The lowest BCUT2D eigenvalue weighted by Crippen LogP contribution is -2.01. The van der Waals surface area contributed by atoms with Gasteiger partial charge in [0.05, 0.1) is 11.4 Å². The third kappa shape index (κ3) is 2.40. The van der Waals surface area contributed by atoms with Gasteiger partial charge in [0.15, 0.2) is 11.6 Å². The van der Waals surface area contributed by atoms with Gasteiger partial charge in [-0.15, -0.1) is 0 Å². The normalized spacial score (nSPS) is 10.4. The third-order valence-electron chi connectivity index (χ3n) is 2.47. The van der Waals surface area contributed by atoms with Crippen LogP contribution in [0.2, 0.25) is 0 Å². The molecule has 0 fully saturated rings. The van der Waals surface area contributed by atoms with Crippen molar-refractivity contribution in [2.24, 2.45) is 0 Å². The van der Waals surface area contributed by atoms with Crippen LogP contribution in [0.1, 0.15) is 5.56 Å². The van der Waals surface area contributed by atoms with Crippen molar-refractivity contribution in [1.82, 2.24) is 0 Å². The topological polar surface area (TPSA) is 38.0 Å². The lowest BCUT2D eigenvalue weighted by Gasteiger charge is -2.11. The molecule has 0 amide bonds. The molecule has 0 unspecified atom stereocenters. The van der Waals surface area contributed by atoms with E-state index in [0.29, 0.717) is 23.5 Å². The number of hydrogen-bond acceptors (Lipinski definition) is 2. The molecule has 0 spiro atoms. The Kier molecular flexibility index (Phi) is 3.14. The summed E-state index contributed by atoms with van der Waals surface area (Å²) >= 11 is 0. The summed E-state index contributed by atoms with van der Waals surface area (Å²) in [5, 5.41) is 2.52. The number of nitrogen functional groups attached to an aromatic ring is 1. The van der Waals surface area contributed by atoms with E-state index < -0.39 is 23.1 Å². The fourth-order valence-electron chi connectivity index (χ4n) is 1.59. The fraction of sp³-hybridized carbons (Fsp3) is 0.0769. The van der Waals surface area contributed by atoms with Gasteiger partial charge in [0, 0.05) is 12.1 Å². The van der Waals surface area contributed by atoms with E-state index in [-0.39, 0.29) is 0 Å². The van der Waals surface area contributed by atoms with Crippen LogP contribution in [0.25, 0.3) is 0 Å². The number of hydrogen-bond donors (Lipinski definition) is 2. The summed E-state index contributed by atoms with van der Waals surface area (Å²) in [7, 11) is 0. The van der Waals surface area contributed by atoms with Gasteiger partial charge in [-0.25, -0.2) is 13.2 Å². The summed E-state index contributed by atoms with van der Waals surface area (Å²) in [5.41, 5.74) is 6.95. The molecule has 5 heteroatoms. The van der Waals surface area contributed by atoms with Crippen molar-refractivity contribution >= 4 is 17.1 Å². The minimum absolute atomic E-state index is 0.359. The van der Waals surface area contributed by atoms with E-state index in [1.54, 1.807) is 18.2 Å². The molecule has 2 aromatic rings. The predicted octanol–water partition coefficient (Wildman–Crippen LogP) is 3.74. The molecule has 0 aliphatic carbocycles. The first-order valence-electron chi connectivity index (χ1n) is 5.25. The lowest BCUT2D eigenvalue weighted by atomic mass is 10.2. The predicted molar refractivity (Wildman–Crippen MR) is 65.2 cm³/mol. The van der Waals surface area contributed by atoms with E-state index in [1.165, 1.54) is 0 Å². The van der Waals surface area contributed by atoms with Gasteiger partial charge >= 0.3 is 0 Å². The Bertz CT molecular complexity index is 574. The number of nitrogens with two attached hydrogens (primary N) is 1. The van der Waals surface area contributed by atoms with Gasteiger partial charge in [-0.3, -0.25) is 0 Å². The van der Waals surface area contributed by atoms with Gasteiger partial charge in [-0.2, -0.15) is 0 Å². The van der Waals surface area contributed by atoms with Crippen molar-refractivity contribution in [3.05, 3.63) is 53.3 Å². The molecular formula is C13H11F3N2. The van der Waals surface area contributed by atoms with Crippen molar-refractivity contribution in [2.45, 2.75) is 6.92 Å². The van der Waals surface area contributed by atoms with Crippen molar-refractivity contribution < 1.29 is 13.2 Å². The van der Waals surface area contributed by atoms with Gasteiger partial charge in [0.25, 0.3) is 0 Å². The quantitative estimate of drug-likeness (QED) is 0.799. The van der Waals surface area contributed by atoms with E-state index in [2.05, 4.69) is 5.32 Å². The zero-order valence-electron chi connectivity index (χ0n) is 9.60. The highest BCUT2D eigenvalue weighted by Gasteiger charge is 2.12. The second-order valence-electron chi connectivity index (χ2n) is 3.96. The molecule has 0 heterocycles.